The van der Waals surface area contributed by atoms with Gasteiger partial charge in [-0.2, -0.15) is 5.26 Å². The van der Waals surface area contributed by atoms with Gasteiger partial charge >= 0.3 is 0 Å². The zero-order chi connectivity index (χ0) is 15.0. The predicted octanol–water partition coefficient (Wildman–Crippen LogP) is 2.85. The Morgan fingerprint density at radius 1 is 1.35 bits per heavy atom. The molecule has 1 heterocycles. The van der Waals surface area contributed by atoms with Crippen LogP contribution in [0.2, 0.25) is 0 Å². The number of hydrogen-bond acceptors (Lipinski definition) is 5. The number of nitrogens with zero attached hydrogens (tertiary/aromatic N) is 4. The van der Waals surface area contributed by atoms with Crippen LogP contribution in [-0.2, 0) is 6.42 Å². The molecule has 0 aromatic carbocycles. The fourth-order valence-electron chi connectivity index (χ4n) is 1.90. The Morgan fingerprint density at radius 3 is 2.65 bits per heavy atom. The summed E-state index contributed by atoms with van der Waals surface area (Å²) in [6.07, 6.45) is 1.86. The van der Waals surface area contributed by atoms with E-state index in [1.165, 1.54) is 0 Å². The minimum atomic E-state index is -0.0120. The maximum absolute atomic E-state index is 8.98. The van der Waals surface area contributed by atoms with E-state index in [4.69, 9.17) is 5.26 Å². The van der Waals surface area contributed by atoms with Gasteiger partial charge in [-0.25, -0.2) is 9.97 Å². The molecule has 1 aromatic heterocycles. The van der Waals surface area contributed by atoms with Crippen LogP contribution in [-0.4, -0.2) is 29.6 Å². The molecule has 0 radical (unpaired) electrons. The summed E-state index contributed by atoms with van der Waals surface area (Å²) in [6.45, 7) is 10.6. The Balaban J connectivity index is 2.98. The van der Waals surface area contributed by atoms with Crippen molar-refractivity contribution in [1.29, 1.82) is 5.26 Å². The number of nitriles is 1. The summed E-state index contributed by atoms with van der Waals surface area (Å²) in [5, 5.41) is 12.3. The molecule has 1 rings (SSSR count). The van der Waals surface area contributed by atoms with E-state index in [9.17, 15) is 0 Å². The van der Waals surface area contributed by atoms with Crippen molar-refractivity contribution in [3.05, 3.63) is 11.9 Å². The molecule has 1 aromatic rings. The quantitative estimate of drug-likeness (QED) is 0.790. The second-order valence-corrected chi connectivity index (χ2v) is 4.88. The molecule has 20 heavy (non-hydrogen) atoms. The number of aromatic nitrogens is 2. The number of rotatable bonds is 8. The topological polar surface area (TPSA) is 64.8 Å². The minimum absolute atomic E-state index is 0.0120. The van der Waals surface area contributed by atoms with Crippen LogP contribution in [0.1, 0.15) is 39.9 Å². The van der Waals surface area contributed by atoms with E-state index in [0.29, 0.717) is 6.54 Å². The fourth-order valence-corrected chi connectivity index (χ4v) is 1.90. The Labute approximate surface area is 122 Å². The number of hydrogen-bond donors (Lipinski definition) is 1. The number of aryl methyl sites for hydroxylation is 1. The van der Waals surface area contributed by atoms with Gasteiger partial charge in [0.1, 0.15) is 17.5 Å². The number of anilines is 2. The summed E-state index contributed by atoms with van der Waals surface area (Å²) in [7, 11) is 0. The molecular formula is C15H25N5. The van der Waals surface area contributed by atoms with E-state index < -0.39 is 0 Å². The average molecular weight is 275 g/mol. The van der Waals surface area contributed by atoms with Crippen LogP contribution in [0.15, 0.2) is 6.07 Å². The highest BCUT2D eigenvalue weighted by atomic mass is 15.2. The van der Waals surface area contributed by atoms with Crippen LogP contribution < -0.4 is 10.2 Å². The van der Waals surface area contributed by atoms with Crippen molar-refractivity contribution in [2.24, 2.45) is 5.92 Å². The summed E-state index contributed by atoms with van der Waals surface area (Å²) < 4.78 is 0. The Bertz CT molecular complexity index is 452. The largest absolute Gasteiger partial charge is 0.370 e. The van der Waals surface area contributed by atoms with Crippen LogP contribution in [0.3, 0.4) is 0 Å². The summed E-state index contributed by atoms with van der Waals surface area (Å²) >= 11 is 0. The smallest absolute Gasteiger partial charge is 0.134 e. The third-order valence-corrected chi connectivity index (χ3v) is 3.05. The first-order valence-electron chi connectivity index (χ1n) is 7.40. The van der Waals surface area contributed by atoms with Crippen molar-refractivity contribution >= 4 is 11.6 Å². The molecule has 1 N–H and O–H groups in total. The standard InChI is InChI=1S/C15H25N5/c1-5-8-17-14-9-15(19-13(6-2)18-14)20(7-3)11-12(4)10-16/h9,12H,5-8,11H2,1-4H3,(H,17,18,19). The molecule has 0 bridgehead atoms. The predicted molar refractivity (Wildman–Crippen MR) is 82.9 cm³/mol. The summed E-state index contributed by atoms with van der Waals surface area (Å²) in [6, 6.07) is 4.25. The Hall–Kier alpha value is -1.83. The first-order valence-corrected chi connectivity index (χ1v) is 7.40. The highest BCUT2D eigenvalue weighted by molar-refractivity contribution is 5.49. The monoisotopic (exact) mass is 275 g/mol. The molecule has 1 unspecified atom stereocenters. The summed E-state index contributed by atoms with van der Waals surface area (Å²) in [5.74, 6) is 2.60. The molecule has 0 saturated heterocycles. The van der Waals surface area contributed by atoms with Gasteiger partial charge in [0.2, 0.25) is 0 Å². The summed E-state index contributed by atoms with van der Waals surface area (Å²) in [5.41, 5.74) is 0. The lowest BCUT2D eigenvalue weighted by molar-refractivity contribution is 0.676. The summed E-state index contributed by atoms with van der Waals surface area (Å²) in [4.78, 5) is 11.2. The van der Waals surface area contributed by atoms with Crippen molar-refractivity contribution < 1.29 is 0 Å². The fraction of sp³-hybridized carbons (Fsp3) is 0.667. The van der Waals surface area contributed by atoms with Crippen molar-refractivity contribution in [3.63, 3.8) is 0 Å². The van der Waals surface area contributed by atoms with E-state index in [0.717, 1.165) is 43.4 Å². The molecule has 5 heteroatoms. The van der Waals surface area contributed by atoms with Gasteiger partial charge in [-0.3, -0.25) is 0 Å². The van der Waals surface area contributed by atoms with Crippen LogP contribution in [0, 0.1) is 17.2 Å². The van der Waals surface area contributed by atoms with Gasteiger partial charge in [0.25, 0.3) is 0 Å². The second kappa shape index (κ2) is 8.36. The zero-order valence-corrected chi connectivity index (χ0v) is 13.0. The molecule has 110 valence electrons. The highest BCUT2D eigenvalue weighted by Crippen LogP contribution is 2.17. The number of nitrogens with one attached hydrogen (secondary N) is 1. The van der Waals surface area contributed by atoms with Crippen LogP contribution in [0.5, 0.6) is 0 Å². The second-order valence-electron chi connectivity index (χ2n) is 4.88. The first kappa shape index (κ1) is 16.2. The van der Waals surface area contributed by atoms with E-state index in [2.05, 4.69) is 47.0 Å². The molecule has 0 aliphatic heterocycles. The minimum Gasteiger partial charge on any atom is -0.370 e. The van der Waals surface area contributed by atoms with Gasteiger partial charge in [-0.05, 0) is 20.3 Å². The molecular weight excluding hydrogens is 250 g/mol. The maximum atomic E-state index is 8.98. The van der Waals surface area contributed by atoms with E-state index in [-0.39, 0.29) is 5.92 Å². The van der Waals surface area contributed by atoms with Crippen molar-refractivity contribution in [3.8, 4) is 6.07 Å². The lowest BCUT2D eigenvalue weighted by atomic mass is 10.2. The van der Waals surface area contributed by atoms with Gasteiger partial charge in [0.05, 0.1) is 12.0 Å². The molecule has 0 saturated carbocycles. The SMILES string of the molecule is CCCNc1cc(N(CC)CC(C)C#N)nc(CC)n1. The van der Waals surface area contributed by atoms with Crippen molar-refractivity contribution in [2.45, 2.75) is 40.5 Å². The Morgan fingerprint density at radius 2 is 2.10 bits per heavy atom. The lowest BCUT2D eigenvalue weighted by Gasteiger charge is -2.24. The van der Waals surface area contributed by atoms with Crippen LogP contribution in [0.4, 0.5) is 11.6 Å². The Kier molecular flexibility index (Phi) is 6.78. The third kappa shape index (κ3) is 4.69. The molecule has 0 amide bonds. The van der Waals surface area contributed by atoms with Gasteiger partial charge in [-0.15, -0.1) is 0 Å². The van der Waals surface area contributed by atoms with E-state index in [1.54, 1.807) is 0 Å². The van der Waals surface area contributed by atoms with Crippen molar-refractivity contribution in [2.75, 3.05) is 29.9 Å². The van der Waals surface area contributed by atoms with E-state index >= 15 is 0 Å². The van der Waals surface area contributed by atoms with Crippen LogP contribution >= 0.6 is 0 Å². The zero-order valence-electron chi connectivity index (χ0n) is 13.0. The molecule has 0 aliphatic carbocycles. The van der Waals surface area contributed by atoms with Gasteiger partial charge in [-0.1, -0.05) is 13.8 Å². The average Bonchev–Trinajstić information content (AvgIpc) is 2.49. The van der Waals surface area contributed by atoms with Gasteiger partial charge < -0.3 is 10.2 Å². The lowest BCUT2D eigenvalue weighted by Crippen LogP contribution is -2.29. The molecule has 5 nitrogen and oxygen atoms in total. The third-order valence-electron chi connectivity index (χ3n) is 3.05. The van der Waals surface area contributed by atoms with Gasteiger partial charge in [0, 0.05) is 32.1 Å². The molecule has 0 fully saturated rings. The molecule has 0 spiro atoms. The van der Waals surface area contributed by atoms with Crippen LogP contribution in [0.25, 0.3) is 0 Å². The van der Waals surface area contributed by atoms with E-state index in [1.807, 2.05) is 13.0 Å². The van der Waals surface area contributed by atoms with Gasteiger partial charge in [0.15, 0.2) is 0 Å². The molecule has 1 atom stereocenters. The maximum Gasteiger partial charge on any atom is 0.134 e. The van der Waals surface area contributed by atoms with Crippen molar-refractivity contribution in [1.82, 2.24) is 9.97 Å². The molecule has 0 aliphatic rings. The highest BCUT2D eigenvalue weighted by Gasteiger charge is 2.12. The normalized spacial score (nSPS) is 11.8. The first-order chi connectivity index (χ1) is 9.64.